The minimum absolute atomic E-state index is 0.0151. The zero-order valence-electron chi connectivity index (χ0n) is 11.2. The lowest BCUT2D eigenvalue weighted by Gasteiger charge is -2.49. The standard InChI is InChI=1S/C14H22N4/c1-2-7-14(15)8-18(9-14)13-11-5-3-4-6-12(11)16-10-17-13/h10H,2-9,15H2,1H3. The van der Waals surface area contributed by atoms with Crippen LogP contribution >= 0.6 is 0 Å². The quantitative estimate of drug-likeness (QED) is 0.881. The fourth-order valence-electron chi connectivity index (χ4n) is 3.30. The van der Waals surface area contributed by atoms with Gasteiger partial charge in [-0.05, 0) is 32.1 Å². The monoisotopic (exact) mass is 246 g/mol. The third kappa shape index (κ3) is 1.99. The van der Waals surface area contributed by atoms with E-state index in [2.05, 4.69) is 21.8 Å². The zero-order valence-corrected chi connectivity index (χ0v) is 11.2. The van der Waals surface area contributed by atoms with Crippen molar-refractivity contribution in [1.82, 2.24) is 9.97 Å². The highest BCUT2D eigenvalue weighted by atomic mass is 15.3. The molecule has 1 aliphatic heterocycles. The number of rotatable bonds is 3. The molecule has 4 nitrogen and oxygen atoms in total. The number of aryl methyl sites for hydroxylation is 1. The van der Waals surface area contributed by atoms with Crippen molar-refractivity contribution in [3.8, 4) is 0 Å². The first-order valence-electron chi connectivity index (χ1n) is 7.08. The van der Waals surface area contributed by atoms with Crippen molar-refractivity contribution in [2.45, 2.75) is 51.0 Å². The number of anilines is 1. The maximum absolute atomic E-state index is 6.33. The Balaban J connectivity index is 1.78. The van der Waals surface area contributed by atoms with Crippen molar-refractivity contribution in [3.05, 3.63) is 17.6 Å². The summed E-state index contributed by atoms with van der Waals surface area (Å²) in [7, 11) is 0. The van der Waals surface area contributed by atoms with Gasteiger partial charge in [0.2, 0.25) is 0 Å². The molecule has 0 amide bonds. The predicted molar refractivity (Wildman–Crippen MR) is 72.7 cm³/mol. The van der Waals surface area contributed by atoms with Crippen LogP contribution in [-0.2, 0) is 12.8 Å². The number of aromatic nitrogens is 2. The van der Waals surface area contributed by atoms with Gasteiger partial charge in [0.05, 0.1) is 5.54 Å². The van der Waals surface area contributed by atoms with Crippen molar-refractivity contribution in [2.75, 3.05) is 18.0 Å². The van der Waals surface area contributed by atoms with Crippen LogP contribution in [0.2, 0.25) is 0 Å². The molecular formula is C14H22N4. The van der Waals surface area contributed by atoms with Crippen LogP contribution in [0.4, 0.5) is 5.82 Å². The highest BCUT2D eigenvalue weighted by Gasteiger charge is 2.40. The molecule has 2 N–H and O–H groups in total. The van der Waals surface area contributed by atoms with Crippen molar-refractivity contribution >= 4 is 5.82 Å². The summed E-state index contributed by atoms with van der Waals surface area (Å²) >= 11 is 0. The summed E-state index contributed by atoms with van der Waals surface area (Å²) < 4.78 is 0. The maximum atomic E-state index is 6.33. The van der Waals surface area contributed by atoms with Gasteiger partial charge in [-0.25, -0.2) is 9.97 Å². The number of fused-ring (bicyclic) bond motifs is 1. The van der Waals surface area contributed by atoms with E-state index in [0.717, 1.165) is 44.6 Å². The number of nitrogens with zero attached hydrogens (tertiary/aromatic N) is 3. The van der Waals surface area contributed by atoms with Crippen LogP contribution in [0.3, 0.4) is 0 Å². The minimum atomic E-state index is 0.0151. The molecule has 0 bridgehead atoms. The van der Waals surface area contributed by atoms with Gasteiger partial charge >= 0.3 is 0 Å². The summed E-state index contributed by atoms with van der Waals surface area (Å²) in [5, 5.41) is 0. The van der Waals surface area contributed by atoms with E-state index >= 15 is 0 Å². The first-order valence-corrected chi connectivity index (χ1v) is 7.08. The highest BCUT2D eigenvalue weighted by Crippen LogP contribution is 2.33. The molecular weight excluding hydrogens is 224 g/mol. The van der Waals surface area contributed by atoms with Crippen LogP contribution < -0.4 is 10.6 Å². The summed E-state index contributed by atoms with van der Waals surface area (Å²) in [4.78, 5) is 11.3. The normalized spacial score (nSPS) is 21.3. The molecule has 18 heavy (non-hydrogen) atoms. The Kier molecular flexibility index (Phi) is 2.98. The Morgan fingerprint density at radius 3 is 2.83 bits per heavy atom. The van der Waals surface area contributed by atoms with Crippen molar-refractivity contribution in [1.29, 1.82) is 0 Å². The van der Waals surface area contributed by atoms with Crippen LogP contribution in [-0.4, -0.2) is 28.6 Å². The third-order valence-electron chi connectivity index (χ3n) is 4.16. The number of nitrogens with two attached hydrogens (primary N) is 1. The Morgan fingerprint density at radius 2 is 2.06 bits per heavy atom. The van der Waals surface area contributed by atoms with Gasteiger partial charge in [0.15, 0.2) is 0 Å². The molecule has 1 fully saturated rings. The van der Waals surface area contributed by atoms with Gasteiger partial charge in [-0.15, -0.1) is 0 Å². The zero-order chi connectivity index (χ0) is 12.6. The molecule has 4 heteroatoms. The summed E-state index contributed by atoms with van der Waals surface area (Å²) in [6.07, 6.45) is 8.76. The topological polar surface area (TPSA) is 55.0 Å². The first-order chi connectivity index (χ1) is 8.72. The molecule has 2 heterocycles. The average Bonchev–Trinajstić information content (AvgIpc) is 2.35. The van der Waals surface area contributed by atoms with Gasteiger partial charge in [0.25, 0.3) is 0 Å². The van der Waals surface area contributed by atoms with Crippen LogP contribution in [0.15, 0.2) is 6.33 Å². The molecule has 0 spiro atoms. The minimum Gasteiger partial charge on any atom is -0.352 e. The van der Waals surface area contributed by atoms with Gasteiger partial charge in [-0.2, -0.15) is 0 Å². The maximum Gasteiger partial charge on any atom is 0.135 e. The van der Waals surface area contributed by atoms with Crippen LogP contribution in [0, 0.1) is 0 Å². The van der Waals surface area contributed by atoms with Crippen molar-refractivity contribution < 1.29 is 0 Å². The summed E-state index contributed by atoms with van der Waals surface area (Å²) in [5.41, 5.74) is 8.98. The largest absolute Gasteiger partial charge is 0.352 e. The predicted octanol–water partition coefficient (Wildman–Crippen LogP) is 1.67. The Morgan fingerprint density at radius 1 is 1.28 bits per heavy atom. The first kappa shape index (κ1) is 11.9. The van der Waals surface area contributed by atoms with Gasteiger partial charge in [0, 0.05) is 24.3 Å². The molecule has 1 saturated heterocycles. The number of hydrogen-bond acceptors (Lipinski definition) is 4. The second kappa shape index (κ2) is 4.50. The molecule has 0 atom stereocenters. The average molecular weight is 246 g/mol. The molecule has 1 aliphatic carbocycles. The lowest BCUT2D eigenvalue weighted by molar-refractivity contribution is 0.305. The summed E-state index contributed by atoms with van der Waals surface area (Å²) in [6.45, 7) is 4.10. The van der Waals surface area contributed by atoms with Gasteiger partial charge in [0.1, 0.15) is 12.1 Å². The highest BCUT2D eigenvalue weighted by molar-refractivity contribution is 5.53. The van der Waals surface area contributed by atoms with E-state index < -0.39 is 0 Å². The molecule has 0 radical (unpaired) electrons. The summed E-state index contributed by atoms with van der Waals surface area (Å²) in [5.74, 6) is 1.15. The van der Waals surface area contributed by atoms with Gasteiger partial charge in [-0.3, -0.25) is 0 Å². The van der Waals surface area contributed by atoms with E-state index in [1.807, 2.05) is 0 Å². The van der Waals surface area contributed by atoms with E-state index in [4.69, 9.17) is 5.73 Å². The smallest absolute Gasteiger partial charge is 0.135 e. The van der Waals surface area contributed by atoms with Crippen molar-refractivity contribution in [2.24, 2.45) is 5.73 Å². The van der Waals surface area contributed by atoms with Crippen molar-refractivity contribution in [3.63, 3.8) is 0 Å². The summed E-state index contributed by atoms with van der Waals surface area (Å²) in [6, 6.07) is 0. The third-order valence-corrected chi connectivity index (χ3v) is 4.16. The fourth-order valence-corrected chi connectivity index (χ4v) is 3.30. The molecule has 0 aromatic carbocycles. The van der Waals surface area contributed by atoms with Gasteiger partial charge < -0.3 is 10.6 Å². The molecule has 1 aromatic rings. The lowest BCUT2D eigenvalue weighted by atomic mass is 9.85. The molecule has 0 unspecified atom stereocenters. The van der Waals surface area contributed by atoms with E-state index in [0.29, 0.717) is 0 Å². The van der Waals surface area contributed by atoms with E-state index in [1.165, 1.54) is 24.1 Å². The van der Waals surface area contributed by atoms with Crippen LogP contribution in [0.5, 0.6) is 0 Å². The molecule has 3 rings (SSSR count). The molecule has 2 aliphatic rings. The van der Waals surface area contributed by atoms with E-state index in [9.17, 15) is 0 Å². The Bertz CT molecular complexity index is 437. The lowest BCUT2D eigenvalue weighted by Crippen LogP contribution is -2.67. The second-order valence-corrected chi connectivity index (χ2v) is 5.80. The molecule has 0 saturated carbocycles. The van der Waals surface area contributed by atoms with Gasteiger partial charge in [-0.1, -0.05) is 13.3 Å². The van der Waals surface area contributed by atoms with E-state index in [-0.39, 0.29) is 5.54 Å². The Hall–Kier alpha value is -1.16. The van der Waals surface area contributed by atoms with Crippen LogP contribution in [0.1, 0.15) is 43.9 Å². The molecule has 98 valence electrons. The number of hydrogen-bond donors (Lipinski definition) is 1. The second-order valence-electron chi connectivity index (χ2n) is 5.80. The fraction of sp³-hybridized carbons (Fsp3) is 0.714. The Labute approximate surface area is 109 Å². The molecule has 1 aromatic heterocycles. The van der Waals surface area contributed by atoms with Crippen LogP contribution in [0.25, 0.3) is 0 Å². The SMILES string of the molecule is CCCC1(N)CN(c2ncnc3c2CCCC3)C1. The van der Waals surface area contributed by atoms with E-state index in [1.54, 1.807) is 6.33 Å².